The van der Waals surface area contributed by atoms with Gasteiger partial charge in [-0.1, -0.05) is 28.1 Å². The number of ether oxygens (including phenoxy) is 1. The molecule has 1 saturated heterocycles. The van der Waals surface area contributed by atoms with Crippen LogP contribution in [0.25, 0.3) is 0 Å². The first-order valence-electron chi connectivity index (χ1n) is 8.33. The molecule has 2 aromatic carbocycles. The van der Waals surface area contributed by atoms with Gasteiger partial charge in [-0.15, -0.1) is 0 Å². The summed E-state index contributed by atoms with van der Waals surface area (Å²) in [5.41, 5.74) is 1.97. The molecule has 3 rings (SSSR count). The van der Waals surface area contributed by atoms with Crippen molar-refractivity contribution < 1.29 is 9.53 Å². The number of urea groups is 1. The summed E-state index contributed by atoms with van der Waals surface area (Å²) in [5, 5.41) is 9.43. The number of nitrogens with one attached hydrogen (secondary N) is 3. The molecule has 0 aliphatic carbocycles. The third-order valence-corrected chi connectivity index (χ3v) is 4.97. The predicted octanol–water partition coefficient (Wildman–Crippen LogP) is 3.72. The lowest BCUT2D eigenvalue weighted by Crippen LogP contribution is -2.49. The van der Waals surface area contributed by atoms with Crippen LogP contribution in [0.15, 0.2) is 53.0 Å². The van der Waals surface area contributed by atoms with Crippen molar-refractivity contribution >= 4 is 27.6 Å². The molecule has 1 fully saturated rings. The van der Waals surface area contributed by atoms with E-state index in [1.54, 1.807) is 7.11 Å². The predicted molar refractivity (Wildman–Crippen MR) is 103 cm³/mol. The minimum atomic E-state index is -0.173. The number of hydrogen-bond donors (Lipinski definition) is 3. The Morgan fingerprint density at radius 2 is 1.88 bits per heavy atom. The molecule has 0 saturated carbocycles. The Balaban J connectivity index is 1.65. The van der Waals surface area contributed by atoms with E-state index >= 15 is 0 Å². The third kappa shape index (κ3) is 4.74. The van der Waals surface area contributed by atoms with Crippen LogP contribution < -0.4 is 20.7 Å². The highest BCUT2D eigenvalue weighted by molar-refractivity contribution is 9.10. The summed E-state index contributed by atoms with van der Waals surface area (Å²) in [4.78, 5) is 12.4. The zero-order valence-electron chi connectivity index (χ0n) is 14.1. The third-order valence-electron chi connectivity index (χ3n) is 4.44. The van der Waals surface area contributed by atoms with Crippen molar-refractivity contribution in [1.29, 1.82) is 0 Å². The van der Waals surface area contributed by atoms with Gasteiger partial charge in [0.2, 0.25) is 0 Å². The van der Waals surface area contributed by atoms with Gasteiger partial charge >= 0.3 is 6.03 Å². The van der Waals surface area contributed by atoms with Gasteiger partial charge in [0.25, 0.3) is 0 Å². The number of rotatable bonds is 4. The summed E-state index contributed by atoms with van der Waals surface area (Å²) in [6.07, 6.45) is 0.893. The zero-order chi connectivity index (χ0) is 17.6. The first kappa shape index (κ1) is 17.8. The number of piperidine rings is 1. The standard InChI is InChI=1S/C19H22BrN3O2/c1-25-16-8-2-13(3-9-16)17-12-21-11-10-18(17)23-19(24)22-15-6-4-14(20)5-7-15/h2-9,17-18,21H,10-12H2,1H3,(H2,22,23,24). The molecule has 1 aliphatic heterocycles. The van der Waals surface area contributed by atoms with Crippen molar-refractivity contribution in [3.63, 3.8) is 0 Å². The van der Waals surface area contributed by atoms with E-state index in [1.165, 1.54) is 5.56 Å². The van der Waals surface area contributed by atoms with E-state index in [0.717, 1.165) is 35.4 Å². The van der Waals surface area contributed by atoms with Crippen LogP contribution in [0.5, 0.6) is 5.75 Å². The topological polar surface area (TPSA) is 62.4 Å². The van der Waals surface area contributed by atoms with Gasteiger partial charge in [-0.25, -0.2) is 4.79 Å². The summed E-state index contributed by atoms with van der Waals surface area (Å²) in [7, 11) is 1.66. The van der Waals surface area contributed by atoms with E-state index in [4.69, 9.17) is 4.74 Å². The second-order valence-electron chi connectivity index (χ2n) is 6.08. The van der Waals surface area contributed by atoms with E-state index in [0.29, 0.717) is 0 Å². The summed E-state index contributed by atoms with van der Waals surface area (Å²) in [6, 6.07) is 15.5. The maximum absolute atomic E-state index is 12.4. The van der Waals surface area contributed by atoms with Crippen LogP contribution in [0.4, 0.5) is 10.5 Å². The van der Waals surface area contributed by atoms with Gasteiger partial charge in [0.05, 0.1) is 7.11 Å². The number of amides is 2. The highest BCUT2D eigenvalue weighted by atomic mass is 79.9. The summed E-state index contributed by atoms with van der Waals surface area (Å²) in [6.45, 7) is 1.74. The molecule has 3 N–H and O–H groups in total. The lowest BCUT2D eigenvalue weighted by Gasteiger charge is -2.33. The first-order chi connectivity index (χ1) is 12.2. The SMILES string of the molecule is COc1ccc(C2CNCCC2NC(=O)Nc2ccc(Br)cc2)cc1. The van der Waals surface area contributed by atoms with Crippen LogP contribution >= 0.6 is 15.9 Å². The number of carbonyl (C=O) groups is 1. The van der Waals surface area contributed by atoms with E-state index < -0.39 is 0 Å². The van der Waals surface area contributed by atoms with Crippen LogP contribution in [0.2, 0.25) is 0 Å². The van der Waals surface area contributed by atoms with Gasteiger partial charge in [-0.2, -0.15) is 0 Å². The van der Waals surface area contributed by atoms with E-state index in [9.17, 15) is 4.79 Å². The number of benzene rings is 2. The van der Waals surface area contributed by atoms with Crippen molar-refractivity contribution in [1.82, 2.24) is 10.6 Å². The minimum absolute atomic E-state index is 0.0880. The van der Waals surface area contributed by atoms with Crippen molar-refractivity contribution in [2.45, 2.75) is 18.4 Å². The van der Waals surface area contributed by atoms with Gasteiger partial charge in [-0.3, -0.25) is 0 Å². The fourth-order valence-corrected chi connectivity index (χ4v) is 3.37. The van der Waals surface area contributed by atoms with Crippen molar-refractivity contribution in [3.8, 4) is 5.75 Å². The molecule has 0 spiro atoms. The number of carbonyl (C=O) groups excluding carboxylic acids is 1. The maximum Gasteiger partial charge on any atom is 0.319 e. The van der Waals surface area contributed by atoms with Crippen LogP contribution in [0.3, 0.4) is 0 Å². The highest BCUT2D eigenvalue weighted by Gasteiger charge is 2.27. The number of anilines is 1. The van der Waals surface area contributed by atoms with Crippen LogP contribution in [-0.4, -0.2) is 32.3 Å². The highest BCUT2D eigenvalue weighted by Crippen LogP contribution is 2.26. The quantitative estimate of drug-likeness (QED) is 0.728. The molecule has 1 aliphatic rings. The molecule has 2 unspecified atom stereocenters. The Bertz CT molecular complexity index is 704. The molecule has 132 valence electrons. The zero-order valence-corrected chi connectivity index (χ0v) is 15.7. The first-order valence-corrected chi connectivity index (χ1v) is 9.13. The monoisotopic (exact) mass is 403 g/mol. The molecule has 1 heterocycles. The minimum Gasteiger partial charge on any atom is -0.497 e. The normalized spacial score (nSPS) is 19.9. The number of halogens is 1. The van der Waals surface area contributed by atoms with Crippen LogP contribution in [-0.2, 0) is 0 Å². The lowest BCUT2D eigenvalue weighted by molar-refractivity contribution is 0.242. The van der Waals surface area contributed by atoms with Crippen molar-refractivity contribution in [3.05, 3.63) is 58.6 Å². The van der Waals surface area contributed by atoms with Gasteiger partial charge < -0.3 is 20.7 Å². The molecule has 5 nitrogen and oxygen atoms in total. The molecule has 0 radical (unpaired) electrons. The molecule has 25 heavy (non-hydrogen) atoms. The van der Waals surface area contributed by atoms with Gasteiger partial charge in [0.15, 0.2) is 0 Å². The Hall–Kier alpha value is -2.05. The number of hydrogen-bond acceptors (Lipinski definition) is 3. The Morgan fingerprint density at radius 1 is 1.16 bits per heavy atom. The van der Waals surface area contributed by atoms with E-state index in [2.05, 4.69) is 44.0 Å². The molecular weight excluding hydrogens is 382 g/mol. The van der Waals surface area contributed by atoms with Crippen molar-refractivity contribution in [2.24, 2.45) is 0 Å². The molecule has 2 atom stereocenters. The average molecular weight is 404 g/mol. The smallest absolute Gasteiger partial charge is 0.319 e. The Morgan fingerprint density at radius 3 is 2.56 bits per heavy atom. The molecule has 2 amide bonds. The Labute approximate surface area is 156 Å². The van der Waals surface area contributed by atoms with Crippen LogP contribution in [0, 0.1) is 0 Å². The van der Waals surface area contributed by atoms with Gasteiger partial charge in [-0.05, 0) is 54.9 Å². The lowest BCUT2D eigenvalue weighted by atomic mass is 9.87. The molecule has 0 aromatic heterocycles. The average Bonchev–Trinajstić information content (AvgIpc) is 2.64. The summed E-state index contributed by atoms with van der Waals surface area (Å²) in [5.74, 6) is 1.07. The number of methoxy groups -OCH3 is 1. The fourth-order valence-electron chi connectivity index (χ4n) is 3.10. The fraction of sp³-hybridized carbons (Fsp3) is 0.316. The van der Waals surface area contributed by atoms with Crippen LogP contribution in [0.1, 0.15) is 17.9 Å². The molecule has 6 heteroatoms. The largest absolute Gasteiger partial charge is 0.497 e. The van der Waals surface area contributed by atoms with E-state index in [1.807, 2.05) is 36.4 Å². The summed E-state index contributed by atoms with van der Waals surface area (Å²) >= 11 is 3.39. The molecular formula is C19H22BrN3O2. The second-order valence-corrected chi connectivity index (χ2v) is 7.00. The maximum atomic E-state index is 12.4. The molecule has 2 aromatic rings. The van der Waals surface area contributed by atoms with Gasteiger partial charge in [0, 0.05) is 28.7 Å². The van der Waals surface area contributed by atoms with E-state index in [-0.39, 0.29) is 18.0 Å². The second kappa shape index (κ2) is 8.36. The van der Waals surface area contributed by atoms with Gasteiger partial charge in [0.1, 0.15) is 5.75 Å². The van der Waals surface area contributed by atoms with Crippen molar-refractivity contribution in [2.75, 3.05) is 25.5 Å². The molecule has 0 bridgehead atoms. The summed E-state index contributed by atoms with van der Waals surface area (Å²) < 4.78 is 6.21. The Kier molecular flexibility index (Phi) is 5.94.